The highest BCUT2D eigenvalue weighted by molar-refractivity contribution is 7.80. The van der Waals surface area contributed by atoms with Crippen molar-refractivity contribution in [3.8, 4) is 22.4 Å². The van der Waals surface area contributed by atoms with Crippen molar-refractivity contribution in [2.75, 3.05) is 7.11 Å². The van der Waals surface area contributed by atoms with Gasteiger partial charge in [0.25, 0.3) is 0 Å². The van der Waals surface area contributed by atoms with Gasteiger partial charge in [-0.3, -0.25) is 0 Å². The standard InChI is InChI=1S/C26H27Cl2N3OS/c1-32-15-18-13-23(16-5-9-19(27)10-6-16)24(17-7-11-20(28)12-8-17)31-25(18)26(33)30-22-4-2-3-21(29)14-22/h5-13,21-22H,2-4,14-15,29H2,1H3,(H,30,33). The Labute approximate surface area is 210 Å². The summed E-state index contributed by atoms with van der Waals surface area (Å²) in [6, 6.07) is 18.0. The molecule has 0 amide bonds. The monoisotopic (exact) mass is 499 g/mol. The van der Waals surface area contributed by atoms with Gasteiger partial charge in [-0.15, -0.1) is 0 Å². The van der Waals surface area contributed by atoms with Gasteiger partial charge < -0.3 is 15.8 Å². The molecule has 2 aromatic carbocycles. The predicted octanol–water partition coefficient (Wildman–Crippen LogP) is 6.40. The number of hydrogen-bond acceptors (Lipinski definition) is 4. The Bertz CT molecular complexity index is 1120. The topological polar surface area (TPSA) is 60.2 Å². The molecule has 0 radical (unpaired) electrons. The summed E-state index contributed by atoms with van der Waals surface area (Å²) < 4.78 is 5.51. The summed E-state index contributed by atoms with van der Waals surface area (Å²) in [5, 5.41) is 4.87. The van der Waals surface area contributed by atoms with Gasteiger partial charge in [0, 0.05) is 45.9 Å². The molecule has 1 aromatic heterocycles. The van der Waals surface area contributed by atoms with Crippen molar-refractivity contribution in [2.45, 2.75) is 44.4 Å². The molecule has 0 bridgehead atoms. The minimum Gasteiger partial charge on any atom is -0.380 e. The quantitative estimate of drug-likeness (QED) is 0.384. The van der Waals surface area contributed by atoms with Crippen LogP contribution in [0.25, 0.3) is 22.4 Å². The smallest absolute Gasteiger partial charge is 0.125 e. The second kappa shape index (κ2) is 10.9. The molecule has 1 aliphatic rings. The van der Waals surface area contributed by atoms with E-state index in [-0.39, 0.29) is 12.1 Å². The average Bonchev–Trinajstić information content (AvgIpc) is 2.80. The highest BCUT2D eigenvalue weighted by atomic mass is 35.5. The lowest BCUT2D eigenvalue weighted by Gasteiger charge is -2.28. The fraction of sp³-hybridized carbons (Fsp3) is 0.308. The number of aromatic nitrogens is 1. The number of ether oxygens (including phenoxy) is 1. The molecule has 1 fully saturated rings. The summed E-state index contributed by atoms with van der Waals surface area (Å²) in [6.07, 6.45) is 4.13. The second-order valence-electron chi connectivity index (χ2n) is 8.44. The summed E-state index contributed by atoms with van der Waals surface area (Å²) >= 11 is 18.1. The van der Waals surface area contributed by atoms with Gasteiger partial charge in [-0.2, -0.15) is 0 Å². The lowest BCUT2D eigenvalue weighted by atomic mass is 9.91. The molecule has 2 unspecified atom stereocenters. The fourth-order valence-electron chi connectivity index (χ4n) is 4.31. The van der Waals surface area contributed by atoms with E-state index in [9.17, 15) is 0 Å². The Hall–Kier alpha value is -2.02. The first kappa shape index (κ1) is 24.1. The molecule has 0 saturated heterocycles. The second-order valence-corrected chi connectivity index (χ2v) is 9.72. The number of pyridine rings is 1. The number of hydrogen-bond donors (Lipinski definition) is 2. The van der Waals surface area contributed by atoms with Crippen molar-refractivity contribution < 1.29 is 4.74 Å². The summed E-state index contributed by atoms with van der Waals surface area (Å²) in [4.78, 5) is 5.71. The van der Waals surface area contributed by atoms with E-state index in [0.29, 0.717) is 21.6 Å². The predicted molar refractivity (Wildman–Crippen MR) is 141 cm³/mol. The molecule has 1 saturated carbocycles. The molecule has 1 heterocycles. The number of nitrogens with one attached hydrogen (secondary N) is 1. The van der Waals surface area contributed by atoms with Crippen molar-refractivity contribution >= 4 is 40.4 Å². The molecule has 3 aromatic rings. The first-order valence-electron chi connectivity index (χ1n) is 11.1. The van der Waals surface area contributed by atoms with Crippen LogP contribution in [0.15, 0.2) is 54.6 Å². The van der Waals surface area contributed by atoms with E-state index in [1.54, 1.807) is 7.11 Å². The van der Waals surface area contributed by atoms with Crippen LogP contribution in [0.3, 0.4) is 0 Å². The van der Waals surface area contributed by atoms with Crippen molar-refractivity contribution in [1.29, 1.82) is 0 Å². The van der Waals surface area contributed by atoms with E-state index in [2.05, 4.69) is 11.4 Å². The highest BCUT2D eigenvalue weighted by Gasteiger charge is 2.23. The van der Waals surface area contributed by atoms with Crippen molar-refractivity contribution in [3.63, 3.8) is 0 Å². The molecular weight excluding hydrogens is 473 g/mol. The molecule has 2 atom stereocenters. The van der Waals surface area contributed by atoms with Gasteiger partial charge in [-0.25, -0.2) is 4.98 Å². The van der Waals surface area contributed by atoms with Gasteiger partial charge in [0.15, 0.2) is 0 Å². The molecule has 0 spiro atoms. The molecule has 4 rings (SSSR count). The third kappa shape index (κ3) is 5.92. The Morgan fingerprint density at radius 1 is 1.06 bits per heavy atom. The molecule has 4 nitrogen and oxygen atoms in total. The van der Waals surface area contributed by atoms with Crippen molar-refractivity contribution in [3.05, 3.63) is 75.9 Å². The first-order valence-corrected chi connectivity index (χ1v) is 12.2. The van der Waals surface area contributed by atoms with Crippen LogP contribution < -0.4 is 11.1 Å². The van der Waals surface area contributed by atoms with E-state index in [1.807, 2.05) is 48.5 Å². The van der Waals surface area contributed by atoms with Crippen molar-refractivity contribution in [1.82, 2.24) is 10.3 Å². The lowest BCUT2D eigenvalue weighted by Crippen LogP contribution is -2.42. The van der Waals surface area contributed by atoms with Crippen LogP contribution in [0.4, 0.5) is 0 Å². The summed E-state index contributed by atoms with van der Waals surface area (Å²) in [5.41, 5.74) is 11.6. The lowest BCUT2D eigenvalue weighted by molar-refractivity contribution is 0.184. The first-order chi connectivity index (χ1) is 15.9. The summed E-state index contributed by atoms with van der Waals surface area (Å²) in [6.45, 7) is 0.399. The number of nitrogens with two attached hydrogens (primary N) is 1. The largest absolute Gasteiger partial charge is 0.380 e. The third-order valence-electron chi connectivity index (χ3n) is 5.94. The van der Waals surface area contributed by atoms with E-state index >= 15 is 0 Å². The fourth-order valence-corrected chi connectivity index (χ4v) is 4.90. The van der Waals surface area contributed by atoms with Crippen LogP contribution in [-0.4, -0.2) is 29.2 Å². The number of benzene rings is 2. The number of methoxy groups -OCH3 is 1. The van der Waals surface area contributed by atoms with Crippen LogP contribution in [0, 0.1) is 0 Å². The zero-order valence-corrected chi connectivity index (χ0v) is 20.8. The van der Waals surface area contributed by atoms with Gasteiger partial charge in [0.05, 0.1) is 12.3 Å². The van der Waals surface area contributed by atoms with E-state index < -0.39 is 0 Å². The SMILES string of the molecule is COCc1cc(-c2ccc(Cl)cc2)c(-c2ccc(Cl)cc2)nc1C(=S)NC1CCCC(N)C1. The Morgan fingerprint density at radius 2 is 1.70 bits per heavy atom. The Kier molecular flexibility index (Phi) is 7.99. The minimum atomic E-state index is 0.211. The summed E-state index contributed by atoms with van der Waals surface area (Å²) in [7, 11) is 1.68. The number of nitrogens with zero attached hydrogens (tertiary/aromatic N) is 1. The van der Waals surface area contributed by atoms with Gasteiger partial charge in [0.2, 0.25) is 0 Å². The maximum Gasteiger partial charge on any atom is 0.125 e. The zero-order chi connectivity index (χ0) is 23.4. The van der Waals surface area contributed by atoms with Gasteiger partial charge in [0.1, 0.15) is 10.7 Å². The number of rotatable bonds is 6. The minimum absolute atomic E-state index is 0.211. The van der Waals surface area contributed by atoms with Gasteiger partial charge in [-0.1, -0.05) is 59.7 Å². The molecule has 0 aliphatic heterocycles. The Balaban J connectivity index is 1.80. The molecule has 7 heteroatoms. The molecule has 3 N–H and O–H groups in total. The molecular formula is C26H27Cl2N3OS. The summed E-state index contributed by atoms with van der Waals surface area (Å²) in [5.74, 6) is 0. The molecule has 33 heavy (non-hydrogen) atoms. The average molecular weight is 500 g/mol. The van der Waals surface area contributed by atoms with Crippen LogP contribution in [-0.2, 0) is 11.3 Å². The van der Waals surface area contributed by atoms with Gasteiger partial charge >= 0.3 is 0 Å². The normalized spacial score (nSPS) is 18.2. The number of halogens is 2. The third-order valence-corrected chi connectivity index (χ3v) is 6.75. The zero-order valence-electron chi connectivity index (χ0n) is 18.5. The van der Waals surface area contributed by atoms with E-state index in [1.165, 1.54) is 0 Å². The van der Waals surface area contributed by atoms with E-state index in [0.717, 1.165) is 59.3 Å². The van der Waals surface area contributed by atoms with Gasteiger partial charge in [-0.05, 0) is 61.6 Å². The van der Waals surface area contributed by atoms with Crippen LogP contribution in [0.1, 0.15) is 36.9 Å². The molecule has 172 valence electrons. The molecule has 1 aliphatic carbocycles. The maximum absolute atomic E-state index is 6.19. The van der Waals surface area contributed by atoms with Crippen LogP contribution >= 0.6 is 35.4 Å². The van der Waals surface area contributed by atoms with E-state index in [4.69, 9.17) is 50.9 Å². The van der Waals surface area contributed by atoms with Crippen LogP contribution in [0.2, 0.25) is 10.0 Å². The highest BCUT2D eigenvalue weighted by Crippen LogP contribution is 2.34. The van der Waals surface area contributed by atoms with Crippen molar-refractivity contribution in [2.24, 2.45) is 5.73 Å². The van der Waals surface area contributed by atoms with Crippen LogP contribution in [0.5, 0.6) is 0 Å². The maximum atomic E-state index is 6.19. The number of thiocarbonyl (C=S) groups is 1. The Morgan fingerprint density at radius 3 is 2.30 bits per heavy atom.